The van der Waals surface area contributed by atoms with E-state index in [4.69, 9.17) is 4.98 Å². The number of nitrogens with zero attached hydrogens (tertiary/aromatic N) is 4. The predicted molar refractivity (Wildman–Crippen MR) is 82.9 cm³/mol. The number of hydrogen-bond acceptors (Lipinski definition) is 5. The van der Waals surface area contributed by atoms with Crippen LogP contribution in [0.2, 0.25) is 0 Å². The molecule has 2 rings (SSSR count). The lowest BCUT2D eigenvalue weighted by Gasteiger charge is -2.36. The summed E-state index contributed by atoms with van der Waals surface area (Å²) < 4.78 is 0. The smallest absolute Gasteiger partial charge is 0.147 e. The summed E-state index contributed by atoms with van der Waals surface area (Å²) in [4.78, 5) is 13.7. The van der Waals surface area contributed by atoms with Gasteiger partial charge in [-0.25, -0.2) is 4.98 Å². The average molecular weight is 277 g/mol. The van der Waals surface area contributed by atoms with Crippen LogP contribution in [0, 0.1) is 0 Å². The fraction of sp³-hybridized carbons (Fsp3) is 0.733. The van der Waals surface area contributed by atoms with Gasteiger partial charge in [0.25, 0.3) is 0 Å². The molecule has 112 valence electrons. The van der Waals surface area contributed by atoms with Gasteiger partial charge in [-0.1, -0.05) is 13.8 Å². The summed E-state index contributed by atoms with van der Waals surface area (Å²) in [6, 6.07) is 1.00. The van der Waals surface area contributed by atoms with Crippen LogP contribution in [0.5, 0.6) is 0 Å². The van der Waals surface area contributed by atoms with Gasteiger partial charge in [-0.15, -0.1) is 0 Å². The van der Waals surface area contributed by atoms with Crippen LogP contribution in [0.3, 0.4) is 0 Å². The van der Waals surface area contributed by atoms with Crippen molar-refractivity contribution in [1.29, 1.82) is 0 Å². The van der Waals surface area contributed by atoms with Crippen molar-refractivity contribution in [2.24, 2.45) is 0 Å². The minimum Gasteiger partial charge on any atom is -0.354 e. The van der Waals surface area contributed by atoms with Crippen molar-refractivity contribution in [3.8, 4) is 0 Å². The zero-order valence-electron chi connectivity index (χ0n) is 13.1. The third-order valence-electron chi connectivity index (χ3n) is 3.87. The SMILES string of the molecule is CC(C)NCc1cncc(N(C)C2CCCN(C)C2)n1. The second-order valence-corrected chi connectivity index (χ2v) is 6.07. The zero-order valence-corrected chi connectivity index (χ0v) is 13.1. The van der Waals surface area contributed by atoms with Crippen LogP contribution in [0.25, 0.3) is 0 Å². The molecule has 1 aliphatic rings. The molecule has 0 spiro atoms. The van der Waals surface area contributed by atoms with Gasteiger partial charge in [-0.3, -0.25) is 4.98 Å². The van der Waals surface area contributed by atoms with E-state index in [1.807, 2.05) is 12.4 Å². The largest absolute Gasteiger partial charge is 0.354 e. The molecule has 1 aliphatic heterocycles. The highest BCUT2D eigenvalue weighted by atomic mass is 15.2. The molecule has 1 atom stereocenters. The molecular formula is C15H27N5. The molecule has 0 aromatic carbocycles. The molecule has 20 heavy (non-hydrogen) atoms. The average Bonchev–Trinajstić information content (AvgIpc) is 2.44. The van der Waals surface area contributed by atoms with E-state index in [9.17, 15) is 0 Å². The Kier molecular flexibility index (Phi) is 5.31. The summed E-state index contributed by atoms with van der Waals surface area (Å²) in [5.41, 5.74) is 1.01. The topological polar surface area (TPSA) is 44.3 Å². The van der Waals surface area contributed by atoms with Gasteiger partial charge >= 0.3 is 0 Å². The maximum absolute atomic E-state index is 4.73. The van der Waals surface area contributed by atoms with Crippen molar-refractivity contribution in [2.45, 2.75) is 45.3 Å². The Bertz CT molecular complexity index is 420. The second kappa shape index (κ2) is 6.99. The van der Waals surface area contributed by atoms with Crippen LogP contribution in [0.4, 0.5) is 5.82 Å². The molecule has 1 fully saturated rings. The molecule has 2 heterocycles. The molecule has 0 amide bonds. The number of likely N-dealkylation sites (tertiary alicyclic amines) is 1. The van der Waals surface area contributed by atoms with E-state index in [2.05, 4.69) is 48.0 Å². The first-order chi connectivity index (χ1) is 9.56. The molecule has 0 bridgehead atoms. The van der Waals surface area contributed by atoms with Crippen molar-refractivity contribution in [3.05, 3.63) is 18.1 Å². The maximum Gasteiger partial charge on any atom is 0.147 e. The van der Waals surface area contributed by atoms with Crippen LogP contribution in [-0.2, 0) is 6.54 Å². The summed E-state index contributed by atoms with van der Waals surface area (Å²) in [5.74, 6) is 0.980. The Labute approximate surface area is 122 Å². The van der Waals surface area contributed by atoms with Crippen LogP contribution in [0.1, 0.15) is 32.4 Å². The predicted octanol–water partition coefficient (Wildman–Crippen LogP) is 1.50. The van der Waals surface area contributed by atoms with E-state index in [0.717, 1.165) is 24.6 Å². The van der Waals surface area contributed by atoms with Crippen molar-refractivity contribution < 1.29 is 0 Å². The first-order valence-corrected chi connectivity index (χ1v) is 7.52. The minimum atomic E-state index is 0.463. The highest BCUT2D eigenvalue weighted by molar-refractivity contribution is 5.37. The second-order valence-electron chi connectivity index (χ2n) is 6.07. The Hall–Kier alpha value is -1.20. The third-order valence-corrected chi connectivity index (χ3v) is 3.87. The summed E-state index contributed by atoms with van der Waals surface area (Å²) in [7, 11) is 4.32. The standard InChI is InChI=1S/C15H27N5/c1-12(2)17-9-13-8-16-10-15(18-13)20(4)14-6-5-7-19(3)11-14/h8,10,12,14,17H,5-7,9,11H2,1-4H3. The van der Waals surface area contributed by atoms with Gasteiger partial charge in [0.2, 0.25) is 0 Å². The number of likely N-dealkylation sites (N-methyl/N-ethyl adjacent to an activating group) is 2. The van der Waals surface area contributed by atoms with Crippen molar-refractivity contribution >= 4 is 5.82 Å². The van der Waals surface area contributed by atoms with Crippen LogP contribution in [0.15, 0.2) is 12.4 Å². The molecule has 1 N–H and O–H groups in total. The Morgan fingerprint density at radius 2 is 2.25 bits per heavy atom. The van der Waals surface area contributed by atoms with E-state index >= 15 is 0 Å². The number of nitrogens with one attached hydrogen (secondary N) is 1. The summed E-state index contributed by atoms with van der Waals surface area (Å²) in [5, 5.41) is 3.39. The van der Waals surface area contributed by atoms with E-state index < -0.39 is 0 Å². The molecule has 1 aromatic heterocycles. The fourth-order valence-electron chi connectivity index (χ4n) is 2.60. The molecule has 0 radical (unpaired) electrons. The highest BCUT2D eigenvalue weighted by Crippen LogP contribution is 2.18. The number of anilines is 1. The Morgan fingerprint density at radius 3 is 2.95 bits per heavy atom. The molecule has 5 nitrogen and oxygen atoms in total. The number of rotatable bonds is 5. The van der Waals surface area contributed by atoms with Gasteiger partial charge in [0, 0.05) is 38.4 Å². The summed E-state index contributed by atoms with van der Waals surface area (Å²) >= 11 is 0. The molecule has 0 saturated carbocycles. The molecule has 1 aromatic rings. The first kappa shape index (κ1) is 15.2. The first-order valence-electron chi connectivity index (χ1n) is 7.52. The normalized spacial score (nSPS) is 20.4. The quantitative estimate of drug-likeness (QED) is 0.884. The van der Waals surface area contributed by atoms with Crippen molar-refractivity contribution in [3.63, 3.8) is 0 Å². The van der Waals surface area contributed by atoms with Gasteiger partial charge in [0.15, 0.2) is 0 Å². The van der Waals surface area contributed by atoms with E-state index in [1.54, 1.807) is 0 Å². The van der Waals surface area contributed by atoms with Crippen LogP contribution >= 0.6 is 0 Å². The molecule has 1 saturated heterocycles. The lowest BCUT2D eigenvalue weighted by Crippen LogP contribution is -2.45. The van der Waals surface area contributed by atoms with E-state index in [0.29, 0.717) is 12.1 Å². The van der Waals surface area contributed by atoms with Crippen molar-refractivity contribution in [1.82, 2.24) is 20.2 Å². The molecule has 1 unspecified atom stereocenters. The van der Waals surface area contributed by atoms with Crippen LogP contribution < -0.4 is 10.2 Å². The van der Waals surface area contributed by atoms with Gasteiger partial charge in [0.1, 0.15) is 5.82 Å². The highest BCUT2D eigenvalue weighted by Gasteiger charge is 2.22. The zero-order chi connectivity index (χ0) is 14.5. The lowest BCUT2D eigenvalue weighted by molar-refractivity contribution is 0.247. The number of piperidine rings is 1. The monoisotopic (exact) mass is 277 g/mol. The Morgan fingerprint density at radius 1 is 1.45 bits per heavy atom. The summed E-state index contributed by atoms with van der Waals surface area (Å²) in [6.07, 6.45) is 6.21. The number of aromatic nitrogens is 2. The molecule has 0 aliphatic carbocycles. The molecule has 5 heteroatoms. The third kappa shape index (κ3) is 4.15. The number of hydrogen-bond donors (Lipinski definition) is 1. The van der Waals surface area contributed by atoms with Gasteiger partial charge in [-0.2, -0.15) is 0 Å². The minimum absolute atomic E-state index is 0.463. The van der Waals surface area contributed by atoms with Gasteiger partial charge in [0.05, 0.1) is 11.9 Å². The van der Waals surface area contributed by atoms with Gasteiger partial charge < -0.3 is 15.1 Å². The lowest BCUT2D eigenvalue weighted by atomic mass is 10.1. The van der Waals surface area contributed by atoms with E-state index in [-0.39, 0.29) is 0 Å². The fourth-order valence-corrected chi connectivity index (χ4v) is 2.60. The molecular weight excluding hydrogens is 250 g/mol. The van der Waals surface area contributed by atoms with E-state index in [1.165, 1.54) is 19.4 Å². The maximum atomic E-state index is 4.73. The summed E-state index contributed by atoms with van der Waals surface area (Å²) in [6.45, 7) is 7.36. The van der Waals surface area contributed by atoms with Gasteiger partial charge in [-0.05, 0) is 26.4 Å². The Balaban J connectivity index is 2.01. The van der Waals surface area contributed by atoms with Crippen LogP contribution in [-0.4, -0.2) is 54.1 Å². The van der Waals surface area contributed by atoms with Crippen molar-refractivity contribution in [2.75, 3.05) is 32.1 Å².